The number of hydrogen-bond acceptors (Lipinski definition) is 4. The fourth-order valence-electron chi connectivity index (χ4n) is 0.528. The van der Waals surface area contributed by atoms with Crippen LogP contribution in [0.1, 0.15) is 26.2 Å². The van der Waals surface area contributed by atoms with Gasteiger partial charge in [0.25, 0.3) is 0 Å². The Hall–Kier alpha value is 0.629. The Balaban J connectivity index is 0. The van der Waals surface area contributed by atoms with Crippen LogP contribution >= 0.6 is 7.82 Å². The molecule has 0 amide bonds. The Bertz CT molecular complexity index is 124. The van der Waals surface area contributed by atoms with Crippen molar-refractivity contribution in [1.82, 2.24) is 0 Å². The molecule has 0 saturated carbocycles. The molecule has 0 unspecified atom stereocenters. The summed E-state index contributed by atoms with van der Waals surface area (Å²) in [6.45, 7) is 2.01. The molecule has 1 radical (unpaired) electrons. The summed E-state index contributed by atoms with van der Waals surface area (Å²) < 4.78 is 13.8. The first kappa shape index (κ1) is 14.2. The van der Waals surface area contributed by atoms with E-state index in [1.807, 2.05) is 6.92 Å². The van der Waals surface area contributed by atoms with Gasteiger partial charge in [-0.25, -0.2) is 0 Å². The smallest absolute Gasteiger partial charge is 0.790 e. The van der Waals surface area contributed by atoms with Crippen LogP contribution in [0, 0.1) is 0 Å². The van der Waals surface area contributed by atoms with Crippen LogP contribution in [-0.4, -0.2) is 6.61 Å². The predicted octanol–water partition coefficient (Wildman–Crippen LogP) is 0.0194. The average Bonchev–Trinajstić information content (AvgIpc) is 1.78. The van der Waals surface area contributed by atoms with Gasteiger partial charge in [-0.2, -0.15) is 0 Å². The van der Waals surface area contributed by atoms with Gasteiger partial charge in [-0.15, -0.1) is 0 Å². The van der Waals surface area contributed by atoms with E-state index in [0.29, 0.717) is 6.42 Å². The third kappa shape index (κ3) is 13.6. The van der Waals surface area contributed by atoms with Crippen LogP contribution in [0.2, 0.25) is 0 Å². The molecule has 6 heteroatoms. The second-order valence-corrected chi connectivity index (χ2v) is 3.14. The summed E-state index contributed by atoms with van der Waals surface area (Å²) in [5.41, 5.74) is 0. The van der Waals surface area contributed by atoms with Crippen LogP contribution < -0.4 is 9.79 Å². The van der Waals surface area contributed by atoms with E-state index < -0.39 is 7.82 Å². The molecule has 0 aliphatic carbocycles. The first-order valence-corrected chi connectivity index (χ1v) is 4.69. The van der Waals surface area contributed by atoms with Crippen molar-refractivity contribution in [3.63, 3.8) is 0 Å². The molecule has 0 N–H and O–H groups in total. The van der Waals surface area contributed by atoms with E-state index in [0.717, 1.165) is 12.8 Å². The average molecular weight is 230 g/mol. The van der Waals surface area contributed by atoms with Gasteiger partial charge in [0.1, 0.15) is 0 Å². The zero-order valence-corrected chi connectivity index (χ0v) is 8.05. The molecule has 11 heavy (non-hydrogen) atoms. The maximum atomic E-state index is 9.84. The summed E-state index contributed by atoms with van der Waals surface area (Å²) in [7, 11) is -4.71. The van der Waals surface area contributed by atoms with E-state index in [-0.39, 0.29) is 23.7 Å². The second kappa shape index (κ2) is 7.29. The van der Waals surface area contributed by atoms with E-state index in [4.69, 9.17) is 0 Å². The maximum absolute atomic E-state index is 9.84. The maximum Gasteiger partial charge on any atom is 2.00 e. The molecule has 0 fully saturated rings. The molecular formula is C5H11CuO4P. The van der Waals surface area contributed by atoms with Gasteiger partial charge in [-0.3, -0.25) is 0 Å². The van der Waals surface area contributed by atoms with Gasteiger partial charge in [-0.1, -0.05) is 19.8 Å². The summed E-state index contributed by atoms with van der Waals surface area (Å²) in [5.74, 6) is 0. The van der Waals surface area contributed by atoms with Gasteiger partial charge in [0, 0.05) is 0 Å². The van der Waals surface area contributed by atoms with Crippen LogP contribution in [0.15, 0.2) is 0 Å². The summed E-state index contributed by atoms with van der Waals surface area (Å²) in [6.07, 6.45) is 2.50. The van der Waals surface area contributed by atoms with Gasteiger partial charge in [0.15, 0.2) is 0 Å². The van der Waals surface area contributed by atoms with E-state index in [9.17, 15) is 14.4 Å². The van der Waals surface area contributed by atoms with Crippen molar-refractivity contribution >= 4 is 7.82 Å². The van der Waals surface area contributed by atoms with Crippen LogP contribution in [0.25, 0.3) is 0 Å². The Labute approximate surface area is 77.0 Å². The van der Waals surface area contributed by atoms with Crippen molar-refractivity contribution in [3.05, 3.63) is 0 Å². The monoisotopic (exact) mass is 229 g/mol. The summed E-state index contributed by atoms with van der Waals surface area (Å²) in [6, 6.07) is 0. The number of phosphoric ester groups is 1. The van der Waals surface area contributed by atoms with Gasteiger partial charge < -0.3 is 18.9 Å². The molecule has 0 rings (SSSR count). The largest absolute Gasteiger partial charge is 2.00 e. The number of rotatable bonds is 5. The zero-order valence-electron chi connectivity index (χ0n) is 6.21. The minimum Gasteiger partial charge on any atom is -0.790 e. The molecule has 0 aromatic rings. The molecule has 0 bridgehead atoms. The minimum atomic E-state index is -4.71. The molecule has 0 saturated heterocycles. The number of phosphoric acid groups is 1. The van der Waals surface area contributed by atoms with Gasteiger partial charge in [0.2, 0.25) is 0 Å². The fourth-order valence-corrected chi connectivity index (χ4v) is 0.881. The van der Waals surface area contributed by atoms with Crippen molar-refractivity contribution in [2.45, 2.75) is 26.2 Å². The normalized spacial score (nSPS) is 10.8. The second-order valence-electron chi connectivity index (χ2n) is 1.99. The third-order valence-electron chi connectivity index (χ3n) is 0.997. The number of unbranched alkanes of at least 4 members (excludes halogenated alkanes) is 2. The Kier molecular flexibility index (Phi) is 9.39. The van der Waals surface area contributed by atoms with Crippen molar-refractivity contribution in [1.29, 1.82) is 0 Å². The van der Waals surface area contributed by atoms with Crippen LogP contribution in [0.5, 0.6) is 0 Å². The van der Waals surface area contributed by atoms with E-state index >= 15 is 0 Å². The van der Waals surface area contributed by atoms with Crippen molar-refractivity contribution in [2.75, 3.05) is 6.61 Å². The first-order valence-electron chi connectivity index (χ1n) is 3.23. The molecule has 4 nitrogen and oxygen atoms in total. The Morgan fingerprint density at radius 3 is 2.27 bits per heavy atom. The molecular weight excluding hydrogens is 219 g/mol. The van der Waals surface area contributed by atoms with E-state index in [1.165, 1.54) is 0 Å². The third-order valence-corrected chi connectivity index (χ3v) is 1.50. The quantitative estimate of drug-likeness (QED) is 0.379. The molecule has 0 atom stereocenters. The minimum absolute atomic E-state index is 0. The predicted molar refractivity (Wildman–Crippen MR) is 33.1 cm³/mol. The molecule has 0 heterocycles. The molecule has 0 spiro atoms. The summed E-state index contributed by atoms with van der Waals surface area (Å²) in [5, 5.41) is 0. The Morgan fingerprint density at radius 2 is 1.91 bits per heavy atom. The van der Waals surface area contributed by atoms with Gasteiger partial charge in [-0.05, 0) is 6.42 Å². The SMILES string of the molecule is CCCCCOP(=O)([O-])[O-].[Cu+2]. The van der Waals surface area contributed by atoms with E-state index in [2.05, 4.69) is 4.52 Å². The fraction of sp³-hybridized carbons (Fsp3) is 1.00. The van der Waals surface area contributed by atoms with Gasteiger partial charge in [0.05, 0.1) is 14.4 Å². The Morgan fingerprint density at radius 1 is 1.36 bits per heavy atom. The molecule has 0 aliphatic heterocycles. The van der Waals surface area contributed by atoms with E-state index in [1.54, 1.807) is 0 Å². The molecule has 0 aromatic heterocycles. The standard InChI is InChI=1S/C5H13O4P.Cu/c1-2-3-4-5-9-10(6,7)8;/h2-5H2,1H3,(H2,6,7,8);/q;+2/p-2. The van der Waals surface area contributed by atoms with Crippen molar-refractivity contribution in [2.24, 2.45) is 0 Å². The topological polar surface area (TPSA) is 72.4 Å². The van der Waals surface area contributed by atoms with Crippen LogP contribution in [0.4, 0.5) is 0 Å². The molecule has 71 valence electrons. The van der Waals surface area contributed by atoms with Crippen LogP contribution in [0.3, 0.4) is 0 Å². The van der Waals surface area contributed by atoms with Crippen LogP contribution in [-0.2, 0) is 26.2 Å². The van der Waals surface area contributed by atoms with Crippen molar-refractivity contribution < 1.29 is 35.9 Å². The summed E-state index contributed by atoms with van der Waals surface area (Å²) >= 11 is 0. The van der Waals surface area contributed by atoms with Gasteiger partial charge >= 0.3 is 17.1 Å². The molecule has 0 aliphatic rings. The first-order chi connectivity index (χ1) is 4.56. The summed E-state index contributed by atoms with van der Waals surface area (Å²) in [4.78, 5) is 19.7. The zero-order chi connectivity index (χ0) is 8.04. The van der Waals surface area contributed by atoms with Crippen molar-refractivity contribution in [3.8, 4) is 0 Å². The number of hydrogen-bond donors (Lipinski definition) is 0. The molecule has 0 aromatic carbocycles.